The molecule has 2 N–H and O–H groups in total. The van der Waals surface area contributed by atoms with Gasteiger partial charge >= 0.3 is 0 Å². The van der Waals surface area contributed by atoms with Crippen LogP contribution in [0.4, 0.5) is 11.4 Å². The third kappa shape index (κ3) is 4.09. The van der Waals surface area contributed by atoms with Gasteiger partial charge in [-0.1, -0.05) is 29.8 Å². The van der Waals surface area contributed by atoms with E-state index in [-0.39, 0.29) is 5.91 Å². The maximum absolute atomic E-state index is 12.0. The lowest BCUT2D eigenvalue weighted by molar-refractivity contribution is -0.115. The van der Waals surface area contributed by atoms with E-state index in [1.807, 2.05) is 55.5 Å². The molecule has 3 nitrogen and oxygen atoms in total. The maximum Gasteiger partial charge on any atom is 0.228 e. The van der Waals surface area contributed by atoms with Gasteiger partial charge in [0.15, 0.2) is 0 Å². The van der Waals surface area contributed by atoms with E-state index in [2.05, 4.69) is 10.6 Å². The van der Waals surface area contributed by atoms with Crippen molar-refractivity contribution in [3.8, 4) is 0 Å². The van der Waals surface area contributed by atoms with Gasteiger partial charge in [0.25, 0.3) is 0 Å². The largest absolute Gasteiger partial charge is 0.382 e. The molecule has 1 aliphatic carbocycles. The van der Waals surface area contributed by atoms with Crippen LogP contribution in [0.15, 0.2) is 48.5 Å². The van der Waals surface area contributed by atoms with Gasteiger partial charge in [-0.15, -0.1) is 0 Å². The molecule has 0 aromatic heterocycles. The lowest BCUT2D eigenvalue weighted by Crippen LogP contribution is -2.14. The minimum Gasteiger partial charge on any atom is -0.382 e. The van der Waals surface area contributed by atoms with Crippen molar-refractivity contribution in [3.05, 3.63) is 59.7 Å². The highest BCUT2D eigenvalue weighted by Gasteiger charge is 2.20. The summed E-state index contributed by atoms with van der Waals surface area (Å²) in [5.74, 6) is 0.0155. The molecule has 1 amide bonds. The van der Waals surface area contributed by atoms with Crippen LogP contribution in [0.3, 0.4) is 0 Å². The van der Waals surface area contributed by atoms with Gasteiger partial charge < -0.3 is 10.6 Å². The Balaban J connectivity index is 1.55. The van der Waals surface area contributed by atoms with Crippen LogP contribution in [0.25, 0.3) is 0 Å². The SMILES string of the molecule is Cc1ccc(CC(=O)Nc2ccc(NC3CC3)cc2)cc1. The van der Waals surface area contributed by atoms with Crippen molar-refractivity contribution in [2.75, 3.05) is 10.6 Å². The van der Waals surface area contributed by atoms with Gasteiger partial charge in [0.1, 0.15) is 0 Å². The van der Waals surface area contributed by atoms with Gasteiger partial charge in [0, 0.05) is 17.4 Å². The Bertz CT molecular complexity index is 613. The first kappa shape index (κ1) is 13.7. The summed E-state index contributed by atoms with van der Waals surface area (Å²) in [5, 5.41) is 6.36. The Hall–Kier alpha value is -2.29. The average Bonchev–Trinajstić information content (AvgIpc) is 3.28. The number of carbonyl (C=O) groups excluding carboxylic acids is 1. The van der Waals surface area contributed by atoms with E-state index in [0.29, 0.717) is 12.5 Å². The lowest BCUT2D eigenvalue weighted by Gasteiger charge is -2.08. The summed E-state index contributed by atoms with van der Waals surface area (Å²) in [6, 6.07) is 16.6. The first-order valence-electron chi connectivity index (χ1n) is 7.41. The normalized spacial score (nSPS) is 13.8. The zero-order chi connectivity index (χ0) is 14.7. The number of anilines is 2. The molecule has 0 unspecified atom stereocenters. The molecule has 0 aliphatic heterocycles. The molecular formula is C18H20N2O. The van der Waals surface area contributed by atoms with Gasteiger partial charge in [-0.3, -0.25) is 4.79 Å². The van der Waals surface area contributed by atoms with Crippen LogP contribution < -0.4 is 10.6 Å². The third-order valence-corrected chi connectivity index (χ3v) is 3.60. The minimum atomic E-state index is 0.0155. The van der Waals surface area contributed by atoms with Gasteiger partial charge in [0.2, 0.25) is 5.91 Å². The molecule has 0 spiro atoms. The van der Waals surface area contributed by atoms with E-state index in [4.69, 9.17) is 0 Å². The number of hydrogen-bond donors (Lipinski definition) is 2. The molecule has 0 radical (unpaired) electrons. The Morgan fingerprint density at radius 2 is 1.62 bits per heavy atom. The lowest BCUT2D eigenvalue weighted by atomic mass is 10.1. The van der Waals surface area contributed by atoms with E-state index in [0.717, 1.165) is 16.9 Å². The number of rotatable bonds is 5. The monoisotopic (exact) mass is 280 g/mol. The van der Waals surface area contributed by atoms with E-state index in [1.54, 1.807) is 0 Å². The molecule has 0 bridgehead atoms. The summed E-state index contributed by atoms with van der Waals surface area (Å²) in [6.45, 7) is 2.04. The highest BCUT2D eigenvalue weighted by atomic mass is 16.1. The Kier molecular flexibility index (Phi) is 3.91. The molecule has 1 aliphatic rings. The first-order chi connectivity index (χ1) is 10.2. The van der Waals surface area contributed by atoms with Crippen LogP contribution in [-0.2, 0) is 11.2 Å². The molecule has 2 aromatic rings. The summed E-state index contributed by atoms with van der Waals surface area (Å²) in [4.78, 5) is 12.0. The molecule has 3 heteroatoms. The molecule has 1 fully saturated rings. The van der Waals surface area contributed by atoms with Crippen molar-refractivity contribution in [2.24, 2.45) is 0 Å². The van der Waals surface area contributed by atoms with Gasteiger partial charge in [-0.05, 0) is 49.6 Å². The minimum absolute atomic E-state index is 0.0155. The Morgan fingerprint density at radius 1 is 1.00 bits per heavy atom. The first-order valence-corrected chi connectivity index (χ1v) is 7.41. The topological polar surface area (TPSA) is 41.1 Å². The van der Waals surface area contributed by atoms with Crippen molar-refractivity contribution in [1.82, 2.24) is 0 Å². The fourth-order valence-electron chi connectivity index (χ4n) is 2.21. The molecule has 0 atom stereocenters. The molecule has 1 saturated carbocycles. The number of hydrogen-bond acceptors (Lipinski definition) is 2. The van der Waals surface area contributed by atoms with E-state index in [9.17, 15) is 4.79 Å². The van der Waals surface area contributed by atoms with Crippen LogP contribution in [0.1, 0.15) is 24.0 Å². The molecule has 0 heterocycles. The highest BCUT2D eigenvalue weighted by Crippen LogP contribution is 2.25. The maximum atomic E-state index is 12.0. The summed E-state index contributed by atoms with van der Waals surface area (Å²) in [5.41, 5.74) is 4.20. The molecule has 21 heavy (non-hydrogen) atoms. The molecule has 3 rings (SSSR count). The summed E-state index contributed by atoms with van der Waals surface area (Å²) in [6.07, 6.45) is 2.92. The molecule has 2 aromatic carbocycles. The van der Waals surface area contributed by atoms with Crippen LogP contribution >= 0.6 is 0 Å². The predicted octanol–water partition coefficient (Wildman–Crippen LogP) is 3.75. The highest BCUT2D eigenvalue weighted by molar-refractivity contribution is 5.92. The Morgan fingerprint density at radius 3 is 2.24 bits per heavy atom. The third-order valence-electron chi connectivity index (χ3n) is 3.60. The molecule has 108 valence electrons. The van der Waals surface area contributed by atoms with Gasteiger partial charge in [0.05, 0.1) is 6.42 Å². The predicted molar refractivity (Wildman–Crippen MR) is 86.6 cm³/mol. The number of aryl methyl sites for hydroxylation is 1. The van der Waals surface area contributed by atoms with Crippen LogP contribution in [-0.4, -0.2) is 11.9 Å². The zero-order valence-corrected chi connectivity index (χ0v) is 12.2. The van der Waals surface area contributed by atoms with Crippen LogP contribution in [0, 0.1) is 6.92 Å². The fraction of sp³-hybridized carbons (Fsp3) is 0.278. The second-order valence-electron chi connectivity index (χ2n) is 5.71. The van der Waals surface area contributed by atoms with E-state index >= 15 is 0 Å². The number of nitrogens with one attached hydrogen (secondary N) is 2. The van der Waals surface area contributed by atoms with Gasteiger partial charge in [-0.25, -0.2) is 0 Å². The van der Waals surface area contributed by atoms with E-state index < -0.39 is 0 Å². The summed E-state index contributed by atoms with van der Waals surface area (Å²) >= 11 is 0. The Labute approximate surface area is 125 Å². The number of carbonyl (C=O) groups is 1. The average molecular weight is 280 g/mol. The quantitative estimate of drug-likeness (QED) is 0.875. The summed E-state index contributed by atoms with van der Waals surface area (Å²) < 4.78 is 0. The van der Waals surface area contributed by atoms with Crippen molar-refractivity contribution in [3.63, 3.8) is 0 Å². The van der Waals surface area contributed by atoms with Crippen LogP contribution in [0.2, 0.25) is 0 Å². The molecule has 0 saturated heterocycles. The fourth-order valence-corrected chi connectivity index (χ4v) is 2.21. The second kappa shape index (κ2) is 6.00. The zero-order valence-electron chi connectivity index (χ0n) is 12.2. The van der Waals surface area contributed by atoms with Crippen molar-refractivity contribution < 1.29 is 4.79 Å². The smallest absolute Gasteiger partial charge is 0.228 e. The van der Waals surface area contributed by atoms with Crippen LogP contribution in [0.5, 0.6) is 0 Å². The van der Waals surface area contributed by atoms with Crippen molar-refractivity contribution >= 4 is 17.3 Å². The second-order valence-corrected chi connectivity index (χ2v) is 5.71. The van der Waals surface area contributed by atoms with Crippen molar-refractivity contribution in [2.45, 2.75) is 32.2 Å². The standard InChI is InChI=1S/C18H20N2O/c1-13-2-4-14(5-3-13)12-18(21)20-17-10-8-16(9-11-17)19-15-6-7-15/h2-5,8-11,15,19H,6-7,12H2,1H3,(H,20,21). The van der Waals surface area contributed by atoms with E-state index in [1.165, 1.54) is 18.4 Å². The molecular weight excluding hydrogens is 260 g/mol. The van der Waals surface area contributed by atoms with Gasteiger partial charge in [-0.2, -0.15) is 0 Å². The number of benzene rings is 2. The van der Waals surface area contributed by atoms with Crippen molar-refractivity contribution in [1.29, 1.82) is 0 Å². The number of amides is 1. The summed E-state index contributed by atoms with van der Waals surface area (Å²) in [7, 11) is 0.